The van der Waals surface area contributed by atoms with Gasteiger partial charge < -0.3 is 14.8 Å². The lowest BCUT2D eigenvalue weighted by Crippen LogP contribution is -2.49. The minimum atomic E-state index is -0.431. The van der Waals surface area contributed by atoms with Gasteiger partial charge in [-0.25, -0.2) is 4.98 Å². The van der Waals surface area contributed by atoms with E-state index < -0.39 is 5.79 Å². The first-order valence-corrected chi connectivity index (χ1v) is 6.85. The second-order valence-corrected chi connectivity index (χ2v) is 5.82. The lowest BCUT2D eigenvalue weighted by atomic mass is 10.1. The van der Waals surface area contributed by atoms with E-state index in [4.69, 9.17) is 9.47 Å². The normalized spacial score (nSPS) is 22.5. The van der Waals surface area contributed by atoms with E-state index in [1.807, 2.05) is 25.4 Å². The molecule has 0 bridgehead atoms. The minimum Gasteiger partial charge on any atom is -0.349 e. The van der Waals surface area contributed by atoms with Gasteiger partial charge in [-0.1, -0.05) is 6.92 Å². The van der Waals surface area contributed by atoms with Crippen molar-refractivity contribution in [2.24, 2.45) is 0 Å². The van der Waals surface area contributed by atoms with Crippen LogP contribution < -0.4 is 5.32 Å². The van der Waals surface area contributed by atoms with Crippen LogP contribution in [0.2, 0.25) is 0 Å². The fraction of sp³-hybridized carbons (Fsp3) is 0.750. The lowest BCUT2D eigenvalue weighted by molar-refractivity contribution is -0.252. The van der Waals surface area contributed by atoms with E-state index in [1.54, 1.807) is 11.3 Å². The van der Waals surface area contributed by atoms with Crippen molar-refractivity contribution in [3.05, 3.63) is 16.6 Å². The number of nitrogens with zero attached hydrogens (tertiary/aromatic N) is 1. The molecule has 0 aromatic carbocycles. The van der Waals surface area contributed by atoms with E-state index in [1.165, 1.54) is 5.01 Å². The topological polar surface area (TPSA) is 43.4 Å². The third-order valence-electron chi connectivity index (χ3n) is 2.85. The lowest BCUT2D eigenvalue weighted by Gasteiger charge is -2.35. The van der Waals surface area contributed by atoms with Gasteiger partial charge in [-0.05, 0) is 13.8 Å². The first-order valence-electron chi connectivity index (χ1n) is 5.97. The Kier molecular flexibility index (Phi) is 4.14. The van der Waals surface area contributed by atoms with Gasteiger partial charge in [-0.15, -0.1) is 11.3 Å². The van der Waals surface area contributed by atoms with Gasteiger partial charge in [0.25, 0.3) is 0 Å². The maximum atomic E-state index is 5.60. The van der Waals surface area contributed by atoms with E-state index in [-0.39, 0.29) is 6.04 Å². The second-order valence-electron chi connectivity index (χ2n) is 4.90. The molecule has 17 heavy (non-hydrogen) atoms. The zero-order valence-corrected chi connectivity index (χ0v) is 11.4. The van der Waals surface area contributed by atoms with Crippen LogP contribution in [0.1, 0.15) is 31.7 Å². The van der Waals surface area contributed by atoms with Crippen LogP contribution in [0.4, 0.5) is 0 Å². The van der Waals surface area contributed by atoms with Crippen LogP contribution in [-0.2, 0) is 9.47 Å². The van der Waals surface area contributed by atoms with E-state index in [0.717, 1.165) is 6.54 Å². The Bertz CT molecular complexity index is 330. The van der Waals surface area contributed by atoms with Crippen LogP contribution in [-0.4, -0.2) is 36.6 Å². The number of hydrogen-bond acceptors (Lipinski definition) is 5. The Balaban J connectivity index is 1.73. The molecule has 1 aromatic heterocycles. The molecule has 1 aliphatic rings. The van der Waals surface area contributed by atoms with Crippen molar-refractivity contribution in [1.29, 1.82) is 0 Å². The molecule has 1 atom stereocenters. The van der Waals surface area contributed by atoms with Gasteiger partial charge >= 0.3 is 0 Å². The zero-order valence-electron chi connectivity index (χ0n) is 10.6. The Morgan fingerprint density at radius 1 is 1.53 bits per heavy atom. The Morgan fingerprint density at radius 3 is 2.82 bits per heavy atom. The molecule has 1 unspecified atom stereocenters. The summed E-state index contributed by atoms with van der Waals surface area (Å²) >= 11 is 1.70. The summed E-state index contributed by atoms with van der Waals surface area (Å²) in [5.41, 5.74) is 0. The quantitative estimate of drug-likeness (QED) is 0.894. The SMILES string of the molecule is CC(CNC1COC(C)(C)OC1)c1nccs1. The van der Waals surface area contributed by atoms with Crippen LogP contribution in [0.3, 0.4) is 0 Å². The smallest absolute Gasteiger partial charge is 0.162 e. The molecular weight excluding hydrogens is 236 g/mol. The molecule has 0 radical (unpaired) electrons. The molecule has 0 saturated carbocycles. The maximum absolute atomic E-state index is 5.60. The molecule has 2 rings (SSSR count). The molecule has 0 aliphatic carbocycles. The summed E-state index contributed by atoms with van der Waals surface area (Å²) in [6.45, 7) is 8.39. The fourth-order valence-electron chi connectivity index (χ4n) is 1.72. The van der Waals surface area contributed by atoms with Gasteiger partial charge in [0.2, 0.25) is 0 Å². The van der Waals surface area contributed by atoms with Crippen LogP contribution in [0.5, 0.6) is 0 Å². The highest BCUT2D eigenvalue weighted by atomic mass is 32.1. The van der Waals surface area contributed by atoms with E-state index in [2.05, 4.69) is 17.2 Å². The molecule has 5 heteroatoms. The first-order chi connectivity index (χ1) is 8.07. The summed E-state index contributed by atoms with van der Waals surface area (Å²) in [4.78, 5) is 4.32. The largest absolute Gasteiger partial charge is 0.349 e. The van der Waals surface area contributed by atoms with Crippen molar-refractivity contribution >= 4 is 11.3 Å². The summed E-state index contributed by atoms with van der Waals surface area (Å²) in [6, 6.07) is 0.283. The third kappa shape index (κ3) is 3.74. The predicted molar refractivity (Wildman–Crippen MR) is 68.3 cm³/mol. The van der Waals surface area contributed by atoms with Gasteiger partial charge in [0.1, 0.15) is 0 Å². The summed E-state index contributed by atoms with van der Waals surface area (Å²) in [7, 11) is 0. The number of rotatable bonds is 4. The Hall–Kier alpha value is -0.490. The molecule has 1 saturated heterocycles. The average molecular weight is 256 g/mol. The van der Waals surface area contributed by atoms with E-state index in [9.17, 15) is 0 Å². The monoisotopic (exact) mass is 256 g/mol. The zero-order chi connectivity index (χ0) is 12.3. The van der Waals surface area contributed by atoms with Gasteiger partial charge in [-0.2, -0.15) is 0 Å². The van der Waals surface area contributed by atoms with Crippen molar-refractivity contribution in [2.45, 2.75) is 38.5 Å². The van der Waals surface area contributed by atoms with Crippen LogP contribution in [0, 0.1) is 0 Å². The van der Waals surface area contributed by atoms with Gasteiger partial charge in [0.05, 0.1) is 24.3 Å². The predicted octanol–water partition coefficient (Wildman–Crippen LogP) is 1.99. The highest BCUT2D eigenvalue weighted by Gasteiger charge is 2.28. The maximum Gasteiger partial charge on any atom is 0.162 e. The van der Waals surface area contributed by atoms with Crippen molar-refractivity contribution in [3.63, 3.8) is 0 Å². The average Bonchev–Trinajstić information content (AvgIpc) is 2.80. The highest BCUT2D eigenvalue weighted by Crippen LogP contribution is 2.19. The summed E-state index contributed by atoms with van der Waals surface area (Å²) < 4.78 is 11.2. The second kappa shape index (κ2) is 5.44. The molecular formula is C12H20N2O2S. The van der Waals surface area contributed by atoms with Crippen LogP contribution >= 0.6 is 11.3 Å². The van der Waals surface area contributed by atoms with Crippen LogP contribution in [0.25, 0.3) is 0 Å². The minimum absolute atomic E-state index is 0.283. The van der Waals surface area contributed by atoms with E-state index in [0.29, 0.717) is 19.1 Å². The Labute approximate surface area is 106 Å². The number of hydrogen-bond donors (Lipinski definition) is 1. The Morgan fingerprint density at radius 2 is 2.24 bits per heavy atom. The molecule has 0 amide bonds. The molecule has 1 aliphatic heterocycles. The van der Waals surface area contributed by atoms with Crippen molar-refractivity contribution in [2.75, 3.05) is 19.8 Å². The molecule has 0 spiro atoms. The summed E-state index contributed by atoms with van der Waals surface area (Å²) in [5.74, 6) is 0.00368. The van der Waals surface area contributed by atoms with Crippen molar-refractivity contribution < 1.29 is 9.47 Å². The molecule has 1 N–H and O–H groups in total. The molecule has 2 heterocycles. The molecule has 96 valence electrons. The number of nitrogens with one attached hydrogen (secondary N) is 1. The van der Waals surface area contributed by atoms with Gasteiger partial charge in [0.15, 0.2) is 5.79 Å². The summed E-state index contributed by atoms with van der Waals surface area (Å²) in [6.07, 6.45) is 1.85. The standard InChI is InChI=1S/C12H20N2O2S/c1-9(11-13-4-5-17-11)6-14-10-7-15-12(2,3)16-8-10/h4-5,9-10,14H,6-8H2,1-3H3. The van der Waals surface area contributed by atoms with Gasteiger partial charge in [-0.3, -0.25) is 0 Å². The first kappa shape index (κ1) is 13.0. The van der Waals surface area contributed by atoms with Crippen molar-refractivity contribution in [1.82, 2.24) is 10.3 Å². The summed E-state index contributed by atoms with van der Waals surface area (Å²) in [5, 5.41) is 6.66. The highest BCUT2D eigenvalue weighted by molar-refractivity contribution is 7.09. The van der Waals surface area contributed by atoms with Gasteiger partial charge in [0, 0.05) is 24.0 Å². The molecule has 4 nitrogen and oxygen atoms in total. The number of thiazole rings is 1. The third-order valence-corrected chi connectivity index (χ3v) is 3.86. The molecule has 1 aromatic rings. The number of aromatic nitrogens is 1. The van der Waals surface area contributed by atoms with Crippen molar-refractivity contribution in [3.8, 4) is 0 Å². The van der Waals surface area contributed by atoms with Crippen LogP contribution in [0.15, 0.2) is 11.6 Å². The number of ether oxygens (including phenoxy) is 2. The molecule has 1 fully saturated rings. The van der Waals surface area contributed by atoms with E-state index >= 15 is 0 Å². The fourth-order valence-corrected chi connectivity index (χ4v) is 2.42.